The number of aliphatic hydroxyl groups excluding tert-OH is 1. The van der Waals surface area contributed by atoms with Crippen molar-refractivity contribution in [2.75, 3.05) is 69.8 Å². The molecule has 3 aromatic carbocycles. The van der Waals surface area contributed by atoms with Crippen LogP contribution in [0.15, 0.2) is 95.2 Å². The molecule has 2 fully saturated rings. The van der Waals surface area contributed by atoms with Crippen molar-refractivity contribution >= 4 is 51.2 Å². The van der Waals surface area contributed by atoms with E-state index < -0.39 is 18.1 Å². The molecule has 5 aromatic heterocycles. The highest BCUT2D eigenvalue weighted by Crippen LogP contribution is 2.35. The SMILES string of the molecule is Cc1cc(C(C(=O)N2C[C@H](O)C[C@H]2C(=O)NCc2ccc(-c3scnc3C)cc2OCCOCCOCCNc2ccc3c(-c4ccccc4CNc4nc(O[C@@H]5CCCNC5)nc5c(C(C)C)cnn45)nccc3c2)C(C)C)on1. The Morgan fingerprint density at radius 3 is 2.53 bits per heavy atom. The number of benzene rings is 3. The summed E-state index contributed by atoms with van der Waals surface area (Å²) >= 11 is 1.54. The van der Waals surface area contributed by atoms with Crippen molar-refractivity contribution in [2.24, 2.45) is 5.92 Å². The topological polar surface area (TPSA) is 238 Å². The number of β-amino-alcohol motifs (C(OH)–C–C–N with tert-alkyl or cyclic N) is 1. The first-order valence-electron chi connectivity index (χ1n) is 28.0. The smallest absolute Gasteiger partial charge is 0.322 e. The number of piperidine rings is 1. The minimum atomic E-state index is -0.853. The van der Waals surface area contributed by atoms with E-state index in [0.29, 0.717) is 68.7 Å². The third kappa shape index (κ3) is 13.6. The zero-order valence-electron chi connectivity index (χ0n) is 46.8. The number of aryl methyl sites for hydroxylation is 2. The van der Waals surface area contributed by atoms with Gasteiger partial charge in [-0.25, -0.2) is 4.98 Å². The molecule has 81 heavy (non-hydrogen) atoms. The van der Waals surface area contributed by atoms with Gasteiger partial charge in [0.1, 0.15) is 36.2 Å². The maximum Gasteiger partial charge on any atom is 0.322 e. The molecule has 7 heterocycles. The number of hydrogen-bond acceptors (Lipinski definition) is 18. The Bertz CT molecular complexity index is 3430. The first kappa shape index (κ1) is 56.7. The van der Waals surface area contributed by atoms with Gasteiger partial charge in [-0.1, -0.05) is 75.3 Å². The number of anilines is 2. The molecule has 1 unspecified atom stereocenters. The summed E-state index contributed by atoms with van der Waals surface area (Å²) in [5.74, 6) is 0.409. The molecule has 2 saturated heterocycles. The van der Waals surface area contributed by atoms with E-state index in [1.54, 1.807) is 28.8 Å². The second-order valence-electron chi connectivity index (χ2n) is 21.3. The van der Waals surface area contributed by atoms with Crippen LogP contribution >= 0.6 is 11.3 Å². The molecular weight excluding hydrogens is 1050 g/mol. The Morgan fingerprint density at radius 1 is 0.914 bits per heavy atom. The minimum absolute atomic E-state index is 0.00705. The number of nitrogens with one attached hydrogen (secondary N) is 4. The molecule has 0 saturated carbocycles. The molecule has 2 aliphatic heterocycles. The quantitative estimate of drug-likeness (QED) is 0.0337. The molecule has 5 N–H and O–H groups in total. The summed E-state index contributed by atoms with van der Waals surface area (Å²) in [6.45, 7) is 16.7. The van der Waals surface area contributed by atoms with Crippen LogP contribution in [-0.2, 0) is 32.2 Å². The van der Waals surface area contributed by atoms with Crippen LogP contribution in [0.1, 0.15) is 92.6 Å². The second kappa shape index (κ2) is 26.4. The van der Waals surface area contributed by atoms with Gasteiger partial charge in [-0.2, -0.15) is 19.6 Å². The Balaban J connectivity index is 0.695. The first-order valence-corrected chi connectivity index (χ1v) is 28.9. The molecule has 2 amide bonds. The predicted octanol–water partition coefficient (Wildman–Crippen LogP) is 8.48. The summed E-state index contributed by atoms with van der Waals surface area (Å²) in [5, 5.41) is 34.9. The van der Waals surface area contributed by atoms with Crippen molar-refractivity contribution in [3.63, 3.8) is 0 Å². The fourth-order valence-corrected chi connectivity index (χ4v) is 11.3. The lowest BCUT2D eigenvalue weighted by atomic mass is 9.91. The van der Waals surface area contributed by atoms with Gasteiger partial charge in [0.25, 0.3) is 0 Å². The molecule has 0 bridgehead atoms. The van der Waals surface area contributed by atoms with Crippen molar-refractivity contribution in [3.8, 4) is 33.5 Å². The van der Waals surface area contributed by atoms with Crippen LogP contribution in [0.25, 0.3) is 38.1 Å². The van der Waals surface area contributed by atoms with Crippen molar-refractivity contribution in [2.45, 2.75) is 104 Å². The van der Waals surface area contributed by atoms with E-state index in [4.69, 9.17) is 38.4 Å². The number of fused-ring (bicyclic) bond motifs is 2. The Morgan fingerprint density at radius 2 is 1.75 bits per heavy atom. The fraction of sp³-hybridized carbons (Fsp3) is 0.433. The van der Waals surface area contributed by atoms with Crippen LogP contribution in [-0.4, -0.2) is 134 Å². The lowest BCUT2D eigenvalue weighted by Gasteiger charge is -2.28. The van der Waals surface area contributed by atoms with Crippen molar-refractivity contribution < 1.29 is 38.2 Å². The third-order valence-electron chi connectivity index (χ3n) is 14.7. The summed E-state index contributed by atoms with van der Waals surface area (Å²) in [5.41, 5.74) is 10.8. The predicted molar refractivity (Wildman–Crippen MR) is 311 cm³/mol. The molecule has 426 valence electrons. The normalized spacial score (nSPS) is 16.9. The van der Waals surface area contributed by atoms with Crippen LogP contribution < -0.4 is 30.7 Å². The maximum absolute atomic E-state index is 14.0. The number of carbonyl (C=O) groups is 2. The van der Waals surface area contributed by atoms with E-state index in [0.717, 1.165) is 92.1 Å². The number of thiazole rings is 1. The molecule has 0 radical (unpaired) electrons. The van der Waals surface area contributed by atoms with Crippen molar-refractivity contribution in [1.29, 1.82) is 0 Å². The van der Waals surface area contributed by atoms with Gasteiger partial charge < -0.3 is 54.7 Å². The molecule has 0 aliphatic carbocycles. The average Bonchev–Trinajstić information content (AvgIpc) is 4.51. The fourth-order valence-electron chi connectivity index (χ4n) is 10.5. The lowest BCUT2D eigenvalue weighted by Crippen LogP contribution is -2.48. The average molecular weight is 1120 g/mol. The van der Waals surface area contributed by atoms with Crippen LogP contribution in [0.5, 0.6) is 11.8 Å². The monoisotopic (exact) mass is 1120 g/mol. The number of aliphatic hydroxyl groups is 1. The van der Waals surface area contributed by atoms with E-state index in [-0.39, 0.29) is 55.9 Å². The van der Waals surface area contributed by atoms with Crippen LogP contribution in [0, 0.1) is 19.8 Å². The van der Waals surface area contributed by atoms with Gasteiger partial charge in [-0.15, -0.1) is 11.3 Å². The second-order valence-corrected chi connectivity index (χ2v) is 22.2. The number of hydrogen-bond donors (Lipinski definition) is 5. The summed E-state index contributed by atoms with van der Waals surface area (Å²) in [7, 11) is 0. The lowest BCUT2D eigenvalue weighted by molar-refractivity contribution is -0.141. The molecule has 10 rings (SSSR count). The molecule has 20 nitrogen and oxygen atoms in total. The van der Waals surface area contributed by atoms with Gasteiger partial charge in [-0.05, 0) is 85.8 Å². The number of rotatable bonds is 25. The Hall–Kier alpha value is -7.56. The van der Waals surface area contributed by atoms with E-state index in [1.807, 2.05) is 75.1 Å². The molecule has 21 heteroatoms. The Labute approximate surface area is 475 Å². The van der Waals surface area contributed by atoms with Crippen LogP contribution in [0.4, 0.5) is 11.6 Å². The molecule has 4 atom stereocenters. The summed E-state index contributed by atoms with van der Waals surface area (Å²) in [6.07, 6.45) is 5.01. The highest BCUT2D eigenvalue weighted by molar-refractivity contribution is 7.13. The number of carbonyl (C=O) groups excluding carboxylic acids is 2. The van der Waals surface area contributed by atoms with Crippen LogP contribution in [0.2, 0.25) is 0 Å². The molecule has 8 aromatic rings. The summed E-state index contributed by atoms with van der Waals surface area (Å²) < 4.78 is 31.7. The number of nitrogens with zero attached hydrogens (tertiary/aromatic N) is 8. The van der Waals surface area contributed by atoms with Crippen molar-refractivity contribution in [1.82, 2.24) is 50.2 Å². The van der Waals surface area contributed by atoms with Crippen LogP contribution in [0.3, 0.4) is 0 Å². The zero-order valence-corrected chi connectivity index (χ0v) is 47.6. The number of amides is 2. The molecule has 0 spiro atoms. The van der Waals surface area contributed by atoms with Gasteiger partial charge in [0.15, 0.2) is 5.65 Å². The van der Waals surface area contributed by atoms with E-state index in [9.17, 15) is 14.7 Å². The van der Waals surface area contributed by atoms with Gasteiger partial charge in [-0.3, -0.25) is 14.6 Å². The number of aromatic nitrogens is 7. The zero-order chi connectivity index (χ0) is 56.4. The van der Waals surface area contributed by atoms with E-state index in [2.05, 4.69) is 80.7 Å². The summed E-state index contributed by atoms with van der Waals surface area (Å²) in [6, 6.07) is 23.7. The van der Waals surface area contributed by atoms with E-state index >= 15 is 0 Å². The van der Waals surface area contributed by atoms with E-state index in [1.165, 1.54) is 4.90 Å². The minimum Gasteiger partial charge on any atom is -0.491 e. The van der Waals surface area contributed by atoms with Gasteiger partial charge in [0.05, 0.1) is 66.2 Å². The molecule has 2 aliphatic rings. The van der Waals surface area contributed by atoms with Gasteiger partial charge in [0.2, 0.25) is 17.8 Å². The van der Waals surface area contributed by atoms with Gasteiger partial charge in [0, 0.05) is 79.2 Å². The standard InChI is InChI=1S/C60H72N12O8S/c1-36(2)49-33-67-72-56(49)68-60(79-46-11-9-18-61-32-46)69-59(72)65-30-42-10-7-8-12-47(42)54-48-16-15-44(27-40(48)17-19-63-54)62-20-21-76-22-23-77-24-25-78-51-28-41(55-39(6)66-35-81-55)13-14-43(51)31-64-57(74)50-29-45(73)34-71(50)58(75)53(37(3)4)52-26-38(5)70-80-52/h7-8,10,12-17,19,26-28,33,35-37,45-46,50,53,61-62,73H,9,11,18,20-25,29-32,34H2,1-6H3,(H,64,74)(H,65,68,69)/t45-,46-,50+,53?/m1/s1. The number of pyridine rings is 1. The number of likely N-dealkylation sites (tertiary alicyclic amines) is 1. The maximum atomic E-state index is 14.0. The molecular formula is C60H72N12O8S. The Kier molecular flexibility index (Phi) is 18.4. The highest BCUT2D eigenvalue weighted by atomic mass is 32.1. The van der Waals surface area contributed by atoms with Crippen molar-refractivity contribution in [3.05, 3.63) is 125 Å². The summed E-state index contributed by atoms with van der Waals surface area (Å²) in [4.78, 5) is 49.2. The van der Waals surface area contributed by atoms with Gasteiger partial charge >= 0.3 is 6.01 Å². The third-order valence-corrected chi connectivity index (χ3v) is 15.7. The number of ether oxygens (including phenoxy) is 4. The first-order chi connectivity index (χ1) is 39.4. The highest BCUT2D eigenvalue weighted by Gasteiger charge is 2.43. The largest absolute Gasteiger partial charge is 0.491 e.